The molecule has 4 aromatic rings. The fourth-order valence-electron chi connectivity index (χ4n) is 4.42. The predicted molar refractivity (Wildman–Crippen MR) is 135 cm³/mol. The number of pyridine rings is 1. The Bertz CT molecular complexity index is 1650. The average molecular weight is 488 g/mol. The first-order chi connectivity index (χ1) is 16.8. The van der Waals surface area contributed by atoms with Crippen LogP contribution in [-0.2, 0) is 31.9 Å². The summed E-state index contributed by atoms with van der Waals surface area (Å²) in [5.41, 5.74) is 4.01. The van der Waals surface area contributed by atoms with Crippen LogP contribution in [0.2, 0.25) is 5.02 Å². The van der Waals surface area contributed by atoms with Crippen LogP contribution in [0.3, 0.4) is 0 Å². The Hall–Kier alpha value is -3.97. The second-order valence-electron chi connectivity index (χ2n) is 8.47. The number of allylic oxidation sites excluding steroid dienone is 1. The van der Waals surface area contributed by atoms with Gasteiger partial charge in [-0.25, -0.2) is 14.6 Å². The minimum Gasteiger partial charge on any atom is -0.456 e. The fourth-order valence-corrected chi connectivity index (χ4v) is 4.61. The maximum absolute atomic E-state index is 13.4. The summed E-state index contributed by atoms with van der Waals surface area (Å²) in [6, 6.07) is 16.3. The smallest absolute Gasteiger partial charge is 0.339 e. The first kappa shape index (κ1) is 22.8. The second kappa shape index (κ2) is 9.00. The standard InChI is InChI=1S/C27H22ClN3O4/c1-30-18(14-23(32)31(2)27(30)34)15-35-26(33)24-19-8-4-6-10-22(19)29-25-17(11-12-20(24)25)13-16-7-3-5-9-21(16)28/h3-10,13-14H,11-12,15H2,1-2H3/b17-13+. The van der Waals surface area contributed by atoms with Crippen molar-refractivity contribution in [3.63, 3.8) is 0 Å². The van der Waals surface area contributed by atoms with Crippen molar-refractivity contribution in [3.05, 3.63) is 109 Å². The van der Waals surface area contributed by atoms with E-state index in [-0.39, 0.29) is 6.61 Å². The van der Waals surface area contributed by atoms with Crippen LogP contribution in [-0.4, -0.2) is 20.1 Å². The van der Waals surface area contributed by atoms with Crippen LogP contribution in [0.5, 0.6) is 0 Å². The number of para-hydroxylation sites is 1. The van der Waals surface area contributed by atoms with Crippen molar-refractivity contribution in [2.75, 3.05) is 0 Å². The van der Waals surface area contributed by atoms with Crippen molar-refractivity contribution >= 4 is 40.1 Å². The van der Waals surface area contributed by atoms with E-state index in [2.05, 4.69) is 0 Å². The summed E-state index contributed by atoms with van der Waals surface area (Å²) in [7, 11) is 2.94. The molecule has 0 amide bonds. The lowest BCUT2D eigenvalue weighted by atomic mass is 10.0. The lowest BCUT2D eigenvalue weighted by Gasteiger charge is -2.14. The van der Waals surface area contributed by atoms with Crippen molar-refractivity contribution in [1.29, 1.82) is 0 Å². The van der Waals surface area contributed by atoms with Gasteiger partial charge >= 0.3 is 11.7 Å². The molecule has 5 rings (SSSR count). The molecule has 0 fully saturated rings. The topological polar surface area (TPSA) is 83.2 Å². The van der Waals surface area contributed by atoms with Crippen LogP contribution in [0.1, 0.15) is 39.3 Å². The van der Waals surface area contributed by atoms with Gasteiger partial charge in [-0.2, -0.15) is 0 Å². The van der Waals surface area contributed by atoms with Gasteiger partial charge in [-0.3, -0.25) is 13.9 Å². The molecule has 0 spiro atoms. The molecule has 0 saturated heterocycles. The van der Waals surface area contributed by atoms with E-state index in [0.29, 0.717) is 40.0 Å². The van der Waals surface area contributed by atoms with Crippen molar-refractivity contribution in [2.24, 2.45) is 14.1 Å². The molecular weight excluding hydrogens is 466 g/mol. The molecule has 1 aliphatic carbocycles. The number of carbonyl (C=O) groups is 1. The Balaban J connectivity index is 1.56. The van der Waals surface area contributed by atoms with E-state index in [1.807, 2.05) is 54.6 Å². The molecule has 0 bridgehead atoms. The summed E-state index contributed by atoms with van der Waals surface area (Å²) in [4.78, 5) is 42.5. The van der Waals surface area contributed by atoms with Gasteiger partial charge in [0.05, 0.1) is 22.5 Å². The van der Waals surface area contributed by atoms with E-state index in [1.165, 1.54) is 24.7 Å². The fraction of sp³-hybridized carbons (Fsp3) is 0.185. The third-order valence-corrected chi connectivity index (χ3v) is 6.70. The summed E-state index contributed by atoms with van der Waals surface area (Å²) in [5, 5.41) is 1.35. The molecule has 176 valence electrons. The quantitative estimate of drug-likeness (QED) is 0.404. The maximum Gasteiger partial charge on any atom is 0.339 e. The Morgan fingerprint density at radius 2 is 1.80 bits per heavy atom. The summed E-state index contributed by atoms with van der Waals surface area (Å²) in [6.07, 6.45) is 3.37. The Morgan fingerprint density at radius 3 is 2.60 bits per heavy atom. The molecule has 8 heteroatoms. The van der Waals surface area contributed by atoms with Crippen LogP contribution in [0.4, 0.5) is 0 Å². The van der Waals surface area contributed by atoms with Gasteiger partial charge < -0.3 is 4.74 Å². The molecule has 7 nitrogen and oxygen atoms in total. The largest absolute Gasteiger partial charge is 0.456 e. The molecule has 0 unspecified atom stereocenters. The van der Waals surface area contributed by atoms with Crippen molar-refractivity contribution in [1.82, 2.24) is 14.1 Å². The molecule has 2 heterocycles. The third-order valence-electron chi connectivity index (χ3n) is 6.36. The van der Waals surface area contributed by atoms with E-state index < -0.39 is 17.2 Å². The summed E-state index contributed by atoms with van der Waals surface area (Å²) in [5.74, 6) is -0.521. The van der Waals surface area contributed by atoms with Crippen molar-refractivity contribution in [3.8, 4) is 0 Å². The lowest BCUT2D eigenvalue weighted by Crippen LogP contribution is -2.38. The number of aromatic nitrogens is 3. The number of carbonyl (C=O) groups excluding carboxylic acids is 1. The number of fused-ring (bicyclic) bond motifs is 2. The monoisotopic (exact) mass is 487 g/mol. The molecule has 2 aromatic carbocycles. The van der Waals surface area contributed by atoms with Gasteiger partial charge in [-0.05, 0) is 47.8 Å². The van der Waals surface area contributed by atoms with Crippen molar-refractivity contribution in [2.45, 2.75) is 19.4 Å². The first-order valence-electron chi connectivity index (χ1n) is 11.2. The minimum atomic E-state index is -0.521. The van der Waals surface area contributed by atoms with Gasteiger partial charge in [0.15, 0.2) is 0 Å². The summed E-state index contributed by atoms with van der Waals surface area (Å²) < 4.78 is 7.94. The second-order valence-corrected chi connectivity index (χ2v) is 8.88. The van der Waals surface area contributed by atoms with Crippen molar-refractivity contribution < 1.29 is 9.53 Å². The summed E-state index contributed by atoms with van der Waals surface area (Å²) in [6.45, 7) is -0.200. The van der Waals surface area contributed by atoms with Crippen LogP contribution in [0.25, 0.3) is 22.6 Å². The van der Waals surface area contributed by atoms with Gasteiger partial charge in [0, 0.05) is 30.6 Å². The van der Waals surface area contributed by atoms with Crippen LogP contribution < -0.4 is 11.2 Å². The van der Waals surface area contributed by atoms with Gasteiger partial charge in [-0.15, -0.1) is 0 Å². The van der Waals surface area contributed by atoms with Gasteiger partial charge in [0.1, 0.15) is 6.61 Å². The minimum absolute atomic E-state index is 0.200. The highest BCUT2D eigenvalue weighted by Crippen LogP contribution is 2.38. The number of esters is 1. The van der Waals surface area contributed by atoms with Crippen LogP contribution in [0, 0.1) is 0 Å². The van der Waals surface area contributed by atoms with E-state index in [9.17, 15) is 14.4 Å². The van der Waals surface area contributed by atoms with Gasteiger partial charge in [-0.1, -0.05) is 48.0 Å². The lowest BCUT2D eigenvalue weighted by molar-refractivity contribution is 0.0464. The zero-order chi connectivity index (χ0) is 24.7. The highest BCUT2D eigenvalue weighted by Gasteiger charge is 2.28. The predicted octanol–water partition coefficient (Wildman–Crippen LogP) is 4.13. The number of hydrogen-bond donors (Lipinski definition) is 0. The number of rotatable bonds is 4. The molecule has 0 radical (unpaired) electrons. The molecular formula is C27H22ClN3O4. The molecule has 1 aliphatic rings. The number of hydrogen-bond acceptors (Lipinski definition) is 5. The number of ether oxygens (including phenoxy) is 1. The highest BCUT2D eigenvalue weighted by molar-refractivity contribution is 6.32. The van der Waals surface area contributed by atoms with Crippen LogP contribution in [0.15, 0.2) is 64.2 Å². The normalized spacial score (nSPS) is 13.9. The highest BCUT2D eigenvalue weighted by atomic mass is 35.5. The van der Waals surface area contributed by atoms with Gasteiger partial charge in [0.25, 0.3) is 5.56 Å². The van der Waals surface area contributed by atoms with E-state index in [1.54, 1.807) is 0 Å². The maximum atomic E-state index is 13.4. The van der Waals surface area contributed by atoms with E-state index in [4.69, 9.17) is 21.3 Å². The Kier molecular flexibility index (Phi) is 5.86. The Morgan fingerprint density at radius 1 is 1.06 bits per heavy atom. The zero-order valence-electron chi connectivity index (χ0n) is 19.2. The number of nitrogens with zero attached hydrogens (tertiary/aromatic N) is 3. The third kappa shape index (κ3) is 4.08. The van der Waals surface area contributed by atoms with E-state index in [0.717, 1.165) is 27.0 Å². The molecule has 2 aromatic heterocycles. The SMILES string of the molecule is Cn1c(COC(=O)c2c3c(nc4ccccc24)/C(=C/c2ccccc2Cl)CC3)cc(=O)n(C)c1=O. The number of benzene rings is 2. The Labute approximate surface area is 205 Å². The molecule has 0 aliphatic heterocycles. The van der Waals surface area contributed by atoms with Crippen LogP contribution >= 0.6 is 11.6 Å². The van der Waals surface area contributed by atoms with E-state index >= 15 is 0 Å². The number of halogens is 1. The van der Waals surface area contributed by atoms with Gasteiger partial charge in [0.2, 0.25) is 0 Å². The average Bonchev–Trinajstić information content (AvgIpc) is 3.25. The zero-order valence-corrected chi connectivity index (χ0v) is 20.0. The first-order valence-corrected chi connectivity index (χ1v) is 11.5. The summed E-state index contributed by atoms with van der Waals surface area (Å²) >= 11 is 6.36. The molecule has 0 saturated carbocycles. The molecule has 35 heavy (non-hydrogen) atoms. The molecule has 0 N–H and O–H groups in total. The molecule has 0 atom stereocenters.